The molecule has 0 bridgehead atoms. The average Bonchev–Trinajstić information content (AvgIpc) is 3.34. The van der Waals surface area contributed by atoms with Crippen LogP contribution >= 0.6 is 0 Å². The van der Waals surface area contributed by atoms with Gasteiger partial charge in [-0.2, -0.15) is 0 Å². The molecule has 3 atom stereocenters. The van der Waals surface area contributed by atoms with Crippen molar-refractivity contribution in [2.45, 2.75) is 44.8 Å². The van der Waals surface area contributed by atoms with Crippen LogP contribution in [0.4, 0.5) is 0 Å². The van der Waals surface area contributed by atoms with Crippen LogP contribution in [0.25, 0.3) is 0 Å². The zero-order valence-electron chi connectivity index (χ0n) is 13.9. The van der Waals surface area contributed by atoms with Gasteiger partial charge in [-0.15, -0.1) is 0 Å². The van der Waals surface area contributed by atoms with Gasteiger partial charge in [0.2, 0.25) is 0 Å². The molecule has 118 valence electrons. The number of likely N-dealkylation sites (N-methyl/N-ethyl adjacent to an activating group) is 1. The highest BCUT2D eigenvalue weighted by Crippen LogP contribution is 2.37. The third kappa shape index (κ3) is 4.29. The lowest BCUT2D eigenvalue weighted by Gasteiger charge is -2.39. The Morgan fingerprint density at radius 1 is 1.24 bits per heavy atom. The molecule has 3 unspecified atom stereocenters. The standard InChI is InChI=1S/C18H30N2O/c1-14(16-10-11-16)20(12-13-21-4)15(2)18(19-3)17-8-6-5-7-9-17/h5-9,14-16,18-19H,10-13H2,1-4H3. The normalized spacial score (nSPS) is 19.5. The number of ether oxygens (including phenoxy) is 1. The van der Waals surface area contributed by atoms with Gasteiger partial charge in [-0.1, -0.05) is 30.3 Å². The maximum Gasteiger partial charge on any atom is 0.0589 e. The summed E-state index contributed by atoms with van der Waals surface area (Å²) in [6.07, 6.45) is 2.76. The van der Waals surface area contributed by atoms with Crippen molar-refractivity contribution in [3.63, 3.8) is 0 Å². The number of nitrogens with one attached hydrogen (secondary N) is 1. The predicted molar refractivity (Wildman–Crippen MR) is 88.5 cm³/mol. The molecule has 21 heavy (non-hydrogen) atoms. The Bertz CT molecular complexity index is 405. The third-order valence-corrected chi connectivity index (χ3v) is 4.86. The molecule has 1 N–H and O–H groups in total. The van der Waals surface area contributed by atoms with Gasteiger partial charge in [-0.3, -0.25) is 4.90 Å². The van der Waals surface area contributed by atoms with E-state index in [-0.39, 0.29) is 0 Å². The Labute approximate surface area is 129 Å². The zero-order chi connectivity index (χ0) is 15.2. The molecule has 1 aliphatic carbocycles. The molecule has 0 aliphatic heterocycles. The van der Waals surface area contributed by atoms with Gasteiger partial charge < -0.3 is 10.1 Å². The summed E-state index contributed by atoms with van der Waals surface area (Å²) in [5.41, 5.74) is 1.36. The minimum atomic E-state index is 0.351. The second kappa shape index (κ2) is 7.92. The Morgan fingerprint density at radius 3 is 2.43 bits per heavy atom. The molecular weight excluding hydrogens is 260 g/mol. The van der Waals surface area contributed by atoms with Crippen molar-refractivity contribution in [3.05, 3.63) is 35.9 Å². The quantitative estimate of drug-likeness (QED) is 0.756. The Morgan fingerprint density at radius 2 is 1.90 bits per heavy atom. The van der Waals surface area contributed by atoms with Crippen molar-refractivity contribution >= 4 is 0 Å². The Kier molecular flexibility index (Phi) is 6.22. The summed E-state index contributed by atoms with van der Waals surface area (Å²) in [6, 6.07) is 12.2. The van der Waals surface area contributed by atoms with Crippen molar-refractivity contribution in [3.8, 4) is 0 Å². The highest BCUT2D eigenvalue weighted by molar-refractivity contribution is 5.20. The molecule has 1 saturated carbocycles. The number of hydrogen-bond donors (Lipinski definition) is 1. The summed E-state index contributed by atoms with van der Waals surface area (Å²) in [6.45, 7) is 6.51. The molecule has 3 nitrogen and oxygen atoms in total. The molecule has 3 heteroatoms. The van der Waals surface area contributed by atoms with E-state index in [0.29, 0.717) is 18.1 Å². The molecule has 0 heterocycles. The van der Waals surface area contributed by atoms with Crippen LogP contribution in [0.2, 0.25) is 0 Å². The monoisotopic (exact) mass is 290 g/mol. The van der Waals surface area contributed by atoms with E-state index in [4.69, 9.17) is 4.74 Å². The number of methoxy groups -OCH3 is 1. The number of rotatable bonds is 9. The Balaban J connectivity index is 2.12. The lowest BCUT2D eigenvalue weighted by molar-refractivity contribution is 0.0723. The SMILES string of the molecule is CNC(c1ccccc1)C(C)N(CCOC)C(C)C1CC1. The van der Waals surface area contributed by atoms with Crippen LogP contribution in [0.3, 0.4) is 0 Å². The fourth-order valence-corrected chi connectivity index (χ4v) is 3.36. The fourth-order valence-electron chi connectivity index (χ4n) is 3.36. The summed E-state index contributed by atoms with van der Waals surface area (Å²) in [5.74, 6) is 0.873. The molecule has 1 aromatic rings. The second-order valence-corrected chi connectivity index (χ2v) is 6.23. The van der Waals surface area contributed by atoms with Gasteiger partial charge in [0.1, 0.15) is 0 Å². The number of nitrogens with zero attached hydrogens (tertiary/aromatic N) is 1. The highest BCUT2D eigenvalue weighted by atomic mass is 16.5. The van der Waals surface area contributed by atoms with E-state index in [1.165, 1.54) is 18.4 Å². The van der Waals surface area contributed by atoms with Gasteiger partial charge in [0.25, 0.3) is 0 Å². The number of benzene rings is 1. The Hall–Kier alpha value is -0.900. The molecule has 1 fully saturated rings. The minimum absolute atomic E-state index is 0.351. The van der Waals surface area contributed by atoms with Crippen LogP contribution < -0.4 is 5.32 Å². The first-order valence-electron chi connectivity index (χ1n) is 8.16. The molecular formula is C18H30N2O. The van der Waals surface area contributed by atoms with Crippen molar-refractivity contribution in [1.29, 1.82) is 0 Å². The molecule has 0 aromatic heterocycles. The lowest BCUT2D eigenvalue weighted by atomic mass is 9.97. The van der Waals surface area contributed by atoms with Gasteiger partial charge >= 0.3 is 0 Å². The van der Waals surface area contributed by atoms with Crippen molar-refractivity contribution in [2.24, 2.45) is 5.92 Å². The van der Waals surface area contributed by atoms with Gasteiger partial charge in [0.15, 0.2) is 0 Å². The van der Waals surface area contributed by atoms with E-state index in [0.717, 1.165) is 19.1 Å². The van der Waals surface area contributed by atoms with E-state index in [9.17, 15) is 0 Å². The van der Waals surface area contributed by atoms with Crippen molar-refractivity contribution < 1.29 is 4.74 Å². The van der Waals surface area contributed by atoms with Crippen LogP contribution in [0.5, 0.6) is 0 Å². The summed E-state index contributed by atoms with van der Waals surface area (Å²) >= 11 is 0. The second-order valence-electron chi connectivity index (χ2n) is 6.23. The average molecular weight is 290 g/mol. The molecule has 1 aliphatic rings. The van der Waals surface area contributed by atoms with Crippen molar-refractivity contribution in [2.75, 3.05) is 27.3 Å². The van der Waals surface area contributed by atoms with Crippen LogP contribution in [-0.2, 0) is 4.74 Å². The van der Waals surface area contributed by atoms with Crippen molar-refractivity contribution in [1.82, 2.24) is 10.2 Å². The summed E-state index contributed by atoms with van der Waals surface area (Å²) in [7, 11) is 3.85. The molecule has 0 saturated heterocycles. The summed E-state index contributed by atoms with van der Waals surface area (Å²) in [5, 5.41) is 3.51. The molecule has 2 rings (SSSR count). The van der Waals surface area contributed by atoms with E-state index >= 15 is 0 Å². The predicted octanol–water partition coefficient (Wildman–Crippen LogP) is 3.08. The smallest absolute Gasteiger partial charge is 0.0589 e. The molecule has 0 amide bonds. The maximum absolute atomic E-state index is 5.33. The molecule has 0 spiro atoms. The summed E-state index contributed by atoms with van der Waals surface area (Å²) in [4.78, 5) is 2.62. The van der Waals surface area contributed by atoms with E-state index in [2.05, 4.69) is 61.4 Å². The van der Waals surface area contributed by atoms with E-state index in [1.807, 2.05) is 0 Å². The van der Waals surface area contributed by atoms with E-state index in [1.54, 1.807) is 7.11 Å². The van der Waals surface area contributed by atoms with Crippen LogP contribution in [0, 0.1) is 5.92 Å². The first-order valence-corrected chi connectivity index (χ1v) is 8.16. The highest BCUT2D eigenvalue weighted by Gasteiger charge is 2.35. The van der Waals surface area contributed by atoms with Crippen LogP contribution in [0.15, 0.2) is 30.3 Å². The van der Waals surface area contributed by atoms with E-state index < -0.39 is 0 Å². The topological polar surface area (TPSA) is 24.5 Å². The molecule has 0 radical (unpaired) electrons. The summed E-state index contributed by atoms with van der Waals surface area (Å²) < 4.78 is 5.33. The van der Waals surface area contributed by atoms with Gasteiger partial charge in [0.05, 0.1) is 6.61 Å². The van der Waals surface area contributed by atoms with Crippen LogP contribution in [0.1, 0.15) is 38.3 Å². The maximum atomic E-state index is 5.33. The third-order valence-electron chi connectivity index (χ3n) is 4.86. The lowest BCUT2D eigenvalue weighted by Crippen LogP contribution is -2.48. The zero-order valence-corrected chi connectivity index (χ0v) is 13.9. The van der Waals surface area contributed by atoms with Gasteiger partial charge in [-0.05, 0) is 45.2 Å². The minimum Gasteiger partial charge on any atom is -0.383 e. The largest absolute Gasteiger partial charge is 0.383 e. The first kappa shape index (κ1) is 16.5. The molecule has 1 aromatic carbocycles. The fraction of sp³-hybridized carbons (Fsp3) is 0.667. The first-order chi connectivity index (χ1) is 10.2. The van der Waals surface area contributed by atoms with Gasteiger partial charge in [-0.25, -0.2) is 0 Å². The van der Waals surface area contributed by atoms with Crippen LogP contribution in [-0.4, -0.2) is 44.3 Å². The van der Waals surface area contributed by atoms with Gasteiger partial charge in [0, 0.05) is 31.8 Å². The number of hydrogen-bond acceptors (Lipinski definition) is 3.